The molecule has 3 heterocycles. The zero-order valence-electron chi connectivity index (χ0n) is 15.4. The molecule has 1 atom stereocenters. The van der Waals surface area contributed by atoms with Gasteiger partial charge in [0.1, 0.15) is 12.0 Å². The lowest BCUT2D eigenvalue weighted by molar-refractivity contribution is 0.0589. The zero-order valence-corrected chi connectivity index (χ0v) is 18.4. The van der Waals surface area contributed by atoms with Crippen LogP contribution in [0, 0.1) is 9.39 Å². The number of hydrogen-bond acceptors (Lipinski definition) is 6. The van der Waals surface area contributed by atoms with Gasteiger partial charge >= 0.3 is 0 Å². The van der Waals surface area contributed by atoms with E-state index in [0.29, 0.717) is 29.7 Å². The summed E-state index contributed by atoms with van der Waals surface area (Å²) in [6.45, 7) is 3.12. The summed E-state index contributed by atoms with van der Waals surface area (Å²) in [4.78, 5) is 8.31. The van der Waals surface area contributed by atoms with Crippen molar-refractivity contribution in [3.05, 3.63) is 64.0 Å². The first-order chi connectivity index (χ1) is 14.1. The number of halogens is 2. The van der Waals surface area contributed by atoms with Gasteiger partial charge in [-0.1, -0.05) is 0 Å². The Morgan fingerprint density at radius 3 is 2.86 bits per heavy atom. The predicted octanol–water partition coefficient (Wildman–Crippen LogP) is 3.07. The van der Waals surface area contributed by atoms with E-state index in [-0.39, 0.29) is 12.0 Å². The third-order valence-corrected chi connectivity index (χ3v) is 5.65. The molecule has 2 aromatic rings. The van der Waals surface area contributed by atoms with Crippen molar-refractivity contribution in [2.45, 2.75) is 6.17 Å². The fourth-order valence-electron chi connectivity index (χ4n) is 3.14. The first-order valence-corrected chi connectivity index (χ1v) is 10.6. The molecular formula is C19H20FIN6OS. The summed E-state index contributed by atoms with van der Waals surface area (Å²) >= 11 is 7.54. The lowest BCUT2D eigenvalue weighted by Crippen LogP contribution is -2.33. The second-order valence-electron chi connectivity index (χ2n) is 6.54. The van der Waals surface area contributed by atoms with E-state index in [2.05, 4.69) is 48.6 Å². The van der Waals surface area contributed by atoms with Gasteiger partial charge in [-0.2, -0.15) is 0 Å². The van der Waals surface area contributed by atoms with Crippen LogP contribution in [0.15, 0.2) is 49.1 Å². The number of aromatic nitrogens is 1. The number of benzene rings is 1. The highest BCUT2D eigenvalue weighted by atomic mass is 127. The standard InChI is InChI=1S/C19H20FIN6OS/c20-15-11-13(21)1-2-16(15)23-17-12-22-4-3-14(17)18-24-25-19(29)27(18)6-5-26-7-9-28-10-8-26/h1-6,11-12,18,23-24H,7-10H2,(H,25,29)/b6-5+. The van der Waals surface area contributed by atoms with Crippen LogP contribution < -0.4 is 16.2 Å². The summed E-state index contributed by atoms with van der Waals surface area (Å²) < 4.78 is 20.6. The maximum atomic E-state index is 14.3. The number of ether oxygens (including phenoxy) is 1. The van der Waals surface area contributed by atoms with E-state index in [1.807, 2.05) is 29.4 Å². The molecule has 3 N–H and O–H groups in total. The number of nitrogens with zero attached hydrogens (tertiary/aromatic N) is 3. The average Bonchev–Trinajstić information content (AvgIpc) is 3.10. The minimum Gasteiger partial charge on any atom is -0.378 e. The molecule has 0 bridgehead atoms. The van der Waals surface area contributed by atoms with Gasteiger partial charge in [0.05, 0.1) is 30.8 Å². The van der Waals surface area contributed by atoms with E-state index < -0.39 is 0 Å². The Morgan fingerprint density at radius 1 is 1.24 bits per heavy atom. The van der Waals surface area contributed by atoms with Gasteiger partial charge in [-0.15, -0.1) is 0 Å². The van der Waals surface area contributed by atoms with Crippen LogP contribution in [-0.4, -0.2) is 46.2 Å². The fourth-order valence-corrected chi connectivity index (χ4v) is 3.82. The molecule has 2 aliphatic heterocycles. The molecule has 0 saturated carbocycles. The van der Waals surface area contributed by atoms with Crippen LogP contribution >= 0.6 is 34.8 Å². The molecule has 1 aromatic carbocycles. The molecular weight excluding hydrogens is 506 g/mol. The number of morpholine rings is 1. The Morgan fingerprint density at radius 2 is 2.07 bits per heavy atom. The van der Waals surface area contributed by atoms with Crippen LogP contribution in [0.3, 0.4) is 0 Å². The Kier molecular flexibility index (Phi) is 6.43. The average molecular weight is 526 g/mol. The Bertz CT molecular complexity index is 923. The molecule has 7 nitrogen and oxygen atoms in total. The summed E-state index contributed by atoms with van der Waals surface area (Å²) in [6, 6.07) is 6.94. The fraction of sp³-hybridized carbons (Fsp3) is 0.263. The molecule has 0 spiro atoms. The van der Waals surface area contributed by atoms with Crippen molar-refractivity contribution in [2.75, 3.05) is 31.6 Å². The van der Waals surface area contributed by atoms with Crippen molar-refractivity contribution in [2.24, 2.45) is 0 Å². The highest BCUT2D eigenvalue weighted by molar-refractivity contribution is 14.1. The summed E-state index contributed by atoms with van der Waals surface area (Å²) in [6.07, 6.45) is 7.08. The van der Waals surface area contributed by atoms with Gasteiger partial charge in [-0.05, 0) is 59.1 Å². The van der Waals surface area contributed by atoms with Gasteiger partial charge < -0.3 is 19.9 Å². The van der Waals surface area contributed by atoms with E-state index in [1.54, 1.807) is 18.5 Å². The lowest BCUT2D eigenvalue weighted by atomic mass is 10.1. The molecule has 1 unspecified atom stereocenters. The number of anilines is 2. The van der Waals surface area contributed by atoms with Gasteiger partial charge in [0.2, 0.25) is 0 Å². The van der Waals surface area contributed by atoms with E-state index in [4.69, 9.17) is 17.0 Å². The Hall–Kier alpha value is -2.02. The van der Waals surface area contributed by atoms with Crippen molar-refractivity contribution < 1.29 is 9.13 Å². The van der Waals surface area contributed by atoms with Gasteiger partial charge in [0.25, 0.3) is 0 Å². The molecule has 1 aromatic heterocycles. The maximum Gasteiger partial charge on any atom is 0.189 e. The highest BCUT2D eigenvalue weighted by Gasteiger charge is 2.29. The van der Waals surface area contributed by atoms with Crippen molar-refractivity contribution in [1.29, 1.82) is 0 Å². The summed E-state index contributed by atoms with van der Waals surface area (Å²) in [5.41, 5.74) is 8.17. The van der Waals surface area contributed by atoms with Gasteiger partial charge in [-0.25, -0.2) is 9.82 Å². The third-order valence-electron chi connectivity index (χ3n) is 4.66. The van der Waals surface area contributed by atoms with E-state index >= 15 is 0 Å². The van der Waals surface area contributed by atoms with Gasteiger partial charge in [-0.3, -0.25) is 10.4 Å². The normalized spacial score (nSPS) is 19.7. The van der Waals surface area contributed by atoms with Crippen LogP contribution in [0.25, 0.3) is 0 Å². The predicted molar refractivity (Wildman–Crippen MR) is 122 cm³/mol. The van der Waals surface area contributed by atoms with Crippen LogP contribution in [0.4, 0.5) is 15.8 Å². The largest absolute Gasteiger partial charge is 0.378 e. The Balaban J connectivity index is 1.58. The molecule has 10 heteroatoms. The molecule has 0 aliphatic carbocycles. The molecule has 2 saturated heterocycles. The molecule has 0 amide bonds. The number of pyridine rings is 1. The van der Waals surface area contributed by atoms with Crippen LogP contribution in [0.1, 0.15) is 11.7 Å². The minimum atomic E-state index is -0.316. The summed E-state index contributed by atoms with van der Waals surface area (Å²) in [5, 5.41) is 3.71. The monoisotopic (exact) mass is 526 g/mol. The van der Waals surface area contributed by atoms with Crippen LogP contribution in [0.5, 0.6) is 0 Å². The van der Waals surface area contributed by atoms with Crippen LogP contribution in [0.2, 0.25) is 0 Å². The van der Waals surface area contributed by atoms with Crippen molar-refractivity contribution in [1.82, 2.24) is 25.6 Å². The van der Waals surface area contributed by atoms with E-state index in [9.17, 15) is 4.39 Å². The molecule has 152 valence electrons. The Labute approximate surface area is 187 Å². The topological polar surface area (TPSA) is 64.7 Å². The number of hydrogen-bond donors (Lipinski definition) is 3. The van der Waals surface area contributed by atoms with Gasteiger partial charge in [0, 0.05) is 40.8 Å². The van der Waals surface area contributed by atoms with Crippen molar-refractivity contribution in [3.63, 3.8) is 0 Å². The number of hydrazine groups is 1. The second-order valence-corrected chi connectivity index (χ2v) is 8.18. The first-order valence-electron chi connectivity index (χ1n) is 9.12. The molecule has 2 aliphatic rings. The number of rotatable bonds is 5. The first kappa shape index (κ1) is 20.3. The van der Waals surface area contributed by atoms with Crippen molar-refractivity contribution >= 4 is 51.3 Å². The smallest absolute Gasteiger partial charge is 0.189 e. The highest BCUT2D eigenvalue weighted by Crippen LogP contribution is 2.30. The van der Waals surface area contributed by atoms with Crippen LogP contribution in [-0.2, 0) is 4.74 Å². The third kappa shape index (κ3) is 4.77. The zero-order chi connectivity index (χ0) is 20.2. The number of thiocarbonyl (C=S) groups is 1. The quantitative estimate of drug-likeness (QED) is 0.406. The SMILES string of the molecule is Fc1cc(I)ccc1Nc1cnccc1C1NNC(=S)N1/C=C/N1CCOCC1. The summed E-state index contributed by atoms with van der Waals surface area (Å²) in [7, 11) is 0. The van der Waals surface area contributed by atoms with E-state index in [0.717, 1.165) is 22.2 Å². The molecule has 2 fully saturated rings. The molecule has 29 heavy (non-hydrogen) atoms. The minimum absolute atomic E-state index is 0.266. The molecule has 4 rings (SSSR count). The molecule has 0 radical (unpaired) electrons. The van der Waals surface area contributed by atoms with Gasteiger partial charge in [0.15, 0.2) is 5.11 Å². The summed E-state index contributed by atoms with van der Waals surface area (Å²) in [5.74, 6) is -0.316. The van der Waals surface area contributed by atoms with Crippen molar-refractivity contribution in [3.8, 4) is 0 Å². The van der Waals surface area contributed by atoms with E-state index in [1.165, 1.54) is 6.07 Å². The lowest BCUT2D eigenvalue weighted by Gasteiger charge is -2.27. The number of nitrogens with one attached hydrogen (secondary N) is 3. The second kappa shape index (κ2) is 9.20. The maximum absolute atomic E-state index is 14.3.